The van der Waals surface area contributed by atoms with Gasteiger partial charge in [0.25, 0.3) is 5.91 Å². The van der Waals surface area contributed by atoms with Crippen LogP contribution in [0.3, 0.4) is 0 Å². The Bertz CT molecular complexity index is 465. The zero-order valence-corrected chi connectivity index (χ0v) is 11.1. The normalized spacial score (nSPS) is 25.1. The molecule has 0 unspecified atom stereocenters. The molecule has 3 nitrogen and oxygen atoms in total. The largest absolute Gasteiger partial charge is 0.338 e. The third-order valence-corrected chi connectivity index (χ3v) is 3.79. The topological polar surface area (TPSA) is 32.3 Å². The van der Waals surface area contributed by atoms with Crippen LogP contribution in [0.4, 0.5) is 8.78 Å². The molecule has 2 aliphatic heterocycles. The fourth-order valence-electron chi connectivity index (χ4n) is 2.88. The summed E-state index contributed by atoms with van der Waals surface area (Å²) in [5, 5.41) is 3.28. The van der Waals surface area contributed by atoms with E-state index in [1.165, 1.54) is 0 Å². The lowest BCUT2D eigenvalue weighted by atomic mass is 10.0. The molecule has 1 N–H and O–H groups in total. The molecule has 6 heteroatoms. The number of fused-ring (bicyclic) bond motifs is 1. The van der Waals surface area contributed by atoms with Crippen LogP contribution in [0.15, 0.2) is 18.2 Å². The minimum absolute atomic E-state index is 0. The molecule has 2 saturated heterocycles. The predicted molar refractivity (Wildman–Crippen MR) is 69.4 cm³/mol. The van der Waals surface area contributed by atoms with Crippen LogP contribution in [-0.2, 0) is 0 Å². The van der Waals surface area contributed by atoms with Gasteiger partial charge in [-0.25, -0.2) is 8.78 Å². The SMILES string of the molecule is Cl.O=C(c1cc(F)cc(F)c1)N1C[C@H]2CNC[C@H]2C1. The summed E-state index contributed by atoms with van der Waals surface area (Å²) >= 11 is 0. The van der Waals surface area contributed by atoms with Gasteiger partial charge in [-0.3, -0.25) is 4.79 Å². The molecule has 3 rings (SSSR count). The first-order valence-corrected chi connectivity index (χ1v) is 6.09. The fourth-order valence-corrected chi connectivity index (χ4v) is 2.88. The summed E-state index contributed by atoms with van der Waals surface area (Å²) in [5.41, 5.74) is 0.0976. The Morgan fingerprint density at radius 1 is 1.11 bits per heavy atom. The number of rotatable bonds is 1. The molecule has 0 aliphatic carbocycles. The zero-order chi connectivity index (χ0) is 12.7. The highest BCUT2D eigenvalue weighted by Crippen LogP contribution is 2.27. The van der Waals surface area contributed by atoms with Crippen LogP contribution in [0.25, 0.3) is 0 Å². The van der Waals surface area contributed by atoms with Gasteiger partial charge in [0.05, 0.1) is 0 Å². The Morgan fingerprint density at radius 2 is 1.63 bits per heavy atom. The van der Waals surface area contributed by atoms with Crippen LogP contribution in [0, 0.1) is 23.5 Å². The maximum Gasteiger partial charge on any atom is 0.254 e. The maximum atomic E-state index is 13.1. The monoisotopic (exact) mass is 288 g/mol. The first-order chi connectivity index (χ1) is 8.63. The van der Waals surface area contributed by atoms with Crippen molar-refractivity contribution in [3.05, 3.63) is 35.4 Å². The van der Waals surface area contributed by atoms with E-state index >= 15 is 0 Å². The van der Waals surface area contributed by atoms with E-state index in [0.29, 0.717) is 24.9 Å². The summed E-state index contributed by atoms with van der Waals surface area (Å²) in [6, 6.07) is 2.97. The highest BCUT2D eigenvalue weighted by molar-refractivity contribution is 5.94. The molecule has 1 aromatic rings. The van der Waals surface area contributed by atoms with Crippen LogP contribution in [-0.4, -0.2) is 37.0 Å². The number of amides is 1. The molecule has 2 atom stereocenters. The van der Waals surface area contributed by atoms with E-state index in [1.54, 1.807) is 4.90 Å². The average Bonchev–Trinajstić information content (AvgIpc) is 2.86. The zero-order valence-electron chi connectivity index (χ0n) is 10.2. The highest BCUT2D eigenvalue weighted by Gasteiger charge is 2.38. The van der Waals surface area contributed by atoms with Crippen LogP contribution in [0.1, 0.15) is 10.4 Å². The Morgan fingerprint density at radius 3 is 2.16 bits per heavy atom. The molecule has 2 heterocycles. The number of nitrogens with zero attached hydrogens (tertiary/aromatic N) is 1. The molecular weight excluding hydrogens is 274 g/mol. The summed E-state index contributed by atoms with van der Waals surface area (Å²) in [7, 11) is 0. The van der Waals surface area contributed by atoms with E-state index in [2.05, 4.69) is 5.32 Å². The molecule has 0 bridgehead atoms. The standard InChI is InChI=1S/C13H14F2N2O.ClH/c14-11-1-8(2-12(15)3-11)13(18)17-6-9-4-16-5-10(9)7-17;/h1-3,9-10,16H,4-7H2;1H/t9-,10+;. The summed E-state index contributed by atoms with van der Waals surface area (Å²) in [5.74, 6) is -0.735. The van der Waals surface area contributed by atoms with E-state index in [1.807, 2.05) is 0 Å². The van der Waals surface area contributed by atoms with E-state index < -0.39 is 11.6 Å². The van der Waals surface area contributed by atoms with Crippen molar-refractivity contribution in [1.29, 1.82) is 0 Å². The third-order valence-electron chi connectivity index (χ3n) is 3.79. The number of halogens is 3. The predicted octanol–water partition coefficient (Wildman–Crippen LogP) is 1.68. The van der Waals surface area contributed by atoms with Gasteiger partial charge in [-0.2, -0.15) is 0 Å². The van der Waals surface area contributed by atoms with Crippen molar-refractivity contribution < 1.29 is 13.6 Å². The van der Waals surface area contributed by atoms with Crippen molar-refractivity contribution in [3.63, 3.8) is 0 Å². The van der Waals surface area contributed by atoms with E-state index in [9.17, 15) is 13.6 Å². The average molecular weight is 289 g/mol. The Hall–Kier alpha value is -1.20. The van der Waals surface area contributed by atoms with Crippen LogP contribution in [0.5, 0.6) is 0 Å². The highest BCUT2D eigenvalue weighted by atomic mass is 35.5. The lowest BCUT2D eigenvalue weighted by molar-refractivity contribution is 0.0780. The second kappa shape index (κ2) is 5.43. The number of carbonyl (C=O) groups is 1. The first-order valence-electron chi connectivity index (χ1n) is 6.09. The van der Waals surface area contributed by atoms with Gasteiger partial charge < -0.3 is 10.2 Å². The number of nitrogens with one attached hydrogen (secondary N) is 1. The number of likely N-dealkylation sites (tertiary alicyclic amines) is 1. The second-order valence-electron chi connectivity index (χ2n) is 5.05. The molecule has 2 aliphatic rings. The van der Waals surface area contributed by atoms with Gasteiger partial charge in [0, 0.05) is 37.8 Å². The van der Waals surface area contributed by atoms with E-state index in [-0.39, 0.29) is 23.9 Å². The maximum absolute atomic E-state index is 13.1. The minimum atomic E-state index is -0.709. The molecule has 19 heavy (non-hydrogen) atoms. The summed E-state index contributed by atoms with van der Waals surface area (Å²) in [6.45, 7) is 3.20. The first kappa shape index (κ1) is 14.2. The van der Waals surface area contributed by atoms with Crippen LogP contribution >= 0.6 is 12.4 Å². The molecule has 104 valence electrons. The number of hydrogen-bond donors (Lipinski definition) is 1. The molecular formula is C13H15ClF2N2O. The van der Waals surface area contributed by atoms with Crippen molar-refractivity contribution in [2.24, 2.45) is 11.8 Å². The molecule has 0 spiro atoms. The Balaban J connectivity index is 0.00000133. The van der Waals surface area contributed by atoms with Crippen molar-refractivity contribution in [2.45, 2.75) is 0 Å². The van der Waals surface area contributed by atoms with E-state index in [4.69, 9.17) is 0 Å². The van der Waals surface area contributed by atoms with Gasteiger partial charge in [-0.15, -0.1) is 12.4 Å². The molecule has 1 amide bonds. The summed E-state index contributed by atoms with van der Waals surface area (Å²) in [6.07, 6.45) is 0. The van der Waals surface area contributed by atoms with Crippen molar-refractivity contribution >= 4 is 18.3 Å². The number of carbonyl (C=O) groups excluding carboxylic acids is 1. The van der Waals surface area contributed by atoms with Gasteiger partial charge in [0.2, 0.25) is 0 Å². The van der Waals surface area contributed by atoms with Crippen molar-refractivity contribution in [3.8, 4) is 0 Å². The lowest BCUT2D eigenvalue weighted by Crippen LogP contribution is -2.32. The molecule has 2 fully saturated rings. The fraction of sp³-hybridized carbons (Fsp3) is 0.462. The van der Waals surface area contributed by atoms with Gasteiger partial charge in [0.15, 0.2) is 0 Å². The van der Waals surface area contributed by atoms with Crippen LogP contribution < -0.4 is 5.32 Å². The van der Waals surface area contributed by atoms with E-state index in [0.717, 1.165) is 31.3 Å². The molecule has 0 aromatic heterocycles. The van der Waals surface area contributed by atoms with Gasteiger partial charge in [-0.1, -0.05) is 0 Å². The van der Waals surface area contributed by atoms with Gasteiger partial charge in [0.1, 0.15) is 11.6 Å². The summed E-state index contributed by atoms with van der Waals surface area (Å²) in [4.78, 5) is 13.9. The number of benzene rings is 1. The quantitative estimate of drug-likeness (QED) is 0.853. The Kier molecular flexibility index (Phi) is 4.06. The number of hydrogen-bond acceptors (Lipinski definition) is 2. The molecule has 1 aromatic carbocycles. The minimum Gasteiger partial charge on any atom is -0.338 e. The second-order valence-corrected chi connectivity index (χ2v) is 5.05. The van der Waals surface area contributed by atoms with Crippen molar-refractivity contribution in [1.82, 2.24) is 10.2 Å². The molecule has 0 radical (unpaired) electrons. The van der Waals surface area contributed by atoms with Crippen LogP contribution in [0.2, 0.25) is 0 Å². The Labute approximate surface area is 116 Å². The van der Waals surface area contributed by atoms with Crippen molar-refractivity contribution in [2.75, 3.05) is 26.2 Å². The smallest absolute Gasteiger partial charge is 0.254 e. The van der Waals surface area contributed by atoms with Gasteiger partial charge in [-0.05, 0) is 24.0 Å². The lowest BCUT2D eigenvalue weighted by Gasteiger charge is -2.17. The molecule has 0 saturated carbocycles. The van der Waals surface area contributed by atoms with Gasteiger partial charge >= 0.3 is 0 Å². The summed E-state index contributed by atoms with van der Waals surface area (Å²) < 4.78 is 26.2. The third kappa shape index (κ3) is 2.72.